The fourth-order valence-corrected chi connectivity index (χ4v) is 2.72. The van der Waals surface area contributed by atoms with Gasteiger partial charge in [-0.05, 0) is 55.0 Å². The molecule has 0 saturated carbocycles. The predicted molar refractivity (Wildman–Crippen MR) is 77.8 cm³/mol. The maximum absolute atomic E-state index is 12.2. The van der Waals surface area contributed by atoms with Crippen molar-refractivity contribution in [2.45, 2.75) is 32.2 Å². The summed E-state index contributed by atoms with van der Waals surface area (Å²) in [5.41, 5.74) is 3.59. The largest absolute Gasteiger partial charge is 0.468 e. The maximum Gasteiger partial charge on any atom is 0.176 e. The van der Waals surface area contributed by atoms with Crippen molar-refractivity contribution in [3.05, 3.63) is 59.0 Å². The summed E-state index contributed by atoms with van der Waals surface area (Å²) in [6, 6.07) is 9.90. The van der Waals surface area contributed by atoms with E-state index >= 15 is 0 Å². The Balaban J connectivity index is 1.59. The Hall–Kier alpha value is -1.87. The fraction of sp³-hybridized carbons (Fsp3) is 0.353. The lowest BCUT2D eigenvalue weighted by molar-refractivity contribution is 0.0990. The van der Waals surface area contributed by atoms with E-state index in [0.717, 1.165) is 24.2 Å². The molecule has 0 radical (unpaired) electrons. The van der Waals surface area contributed by atoms with E-state index in [1.165, 1.54) is 24.0 Å². The molecule has 1 aliphatic rings. The molecule has 3 rings (SSSR count). The van der Waals surface area contributed by atoms with Gasteiger partial charge in [-0.25, -0.2) is 0 Å². The van der Waals surface area contributed by atoms with Crippen LogP contribution in [0.2, 0.25) is 0 Å². The molecule has 104 valence electrons. The number of furan rings is 1. The van der Waals surface area contributed by atoms with Gasteiger partial charge in [0.2, 0.25) is 0 Å². The molecule has 0 spiro atoms. The van der Waals surface area contributed by atoms with Crippen LogP contribution in [0, 0.1) is 0 Å². The van der Waals surface area contributed by atoms with Gasteiger partial charge >= 0.3 is 0 Å². The molecule has 2 aromatic rings. The molecule has 1 heterocycles. The van der Waals surface area contributed by atoms with Crippen LogP contribution in [0.1, 0.15) is 40.1 Å². The second kappa shape index (κ2) is 6.06. The Kier molecular flexibility index (Phi) is 3.97. The van der Waals surface area contributed by atoms with Crippen LogP contribution in [0.5, 0.6) is 0 Å². The van der Waals surface area contributed by atoms with E-state index in [0.29, 0.717) is 13.1 Å². The second-order valence-corrected chi connectivity index (χ2v) is 5.30. The highest BCUT2D eigenvalue weighted by atomic mass is 16.3. The summed E-state index contributed by atoms with van der Waals surface area (Å²) in [5.74, 6) is 0.994. The first-order valence-corrected chi connectivity index (χ1v) is 7.21. The second-order valence-electron chi connectivity index (χ2n) is 5.30. The number of rotatable bonds is 5. The number of Topliss-reactive ketones (excluding diaryl/α,β-unsaturated/α-hetero) is 1. The monoisotopic (exact) mass is 269 g/mol. The van der Waals surface area contributed by atoms with Gasteiger partial charge < -0.3 is 9.73 Å². The highest BCUT2D eigenvalue weighted by molar-refractivity contribution is 5.97. The normalized spacial score (nSPS) is 14.0. The average Bonchev–Trinajstić information content (AvgIpc) is 3.00. The van der Waals surface area contributed by atoms with Crippen molar-refractivity contribution in [1.82, 2.24) is 5.32 Å². The molecular formula is C17H19NO2. The van der Waals surface area contributed by atoms with Crippen LogP contribution in [0.4, 0.5) is 0 Å². The Morgan fingerprint density at radius 3 is 2.80 bits per heavy atom. The van der Waals surface area contributed by atoms with Crippen molar-refractivity contribution in [1.29, 1.82) is 0 Å². The SMILES string of the molecule is O=C(CNCc1ccco1)c1ccc2c(c1)CCCC2. The molecule has 0 bridgehead atoms. The van der Waals surface area contributed by atoms with Gasteiger partial charge in [0.25, 0.3) is 0 Å². The Labute approximate surface area is 119 Å². The van der Waals surface area contributed by atoms with Crippen molar-refractivity contribution in [3.63, 3.8) is 0 Å². The Bertz CT molecular complexity index is 587. The number of carbonyl (C=O) groups excluding carboxylic acids is 1. The molecule has 0 amide bonds. The van der Waals surface area contributed by atoms with Crippen LogP contribution >= 0.6 is 0 Å². The van der Waals surface area contributed by atoms with E-state index in [-0.39, 0.29) is 5.78 Å². The van der Waals surface area contributed by atoms with Crippen LogP contribution in [0.25, 0.3) is 0 Å². The van der Waals surface area contributed by atoms with Crippen LogP contribution in [-0.4, -0.2) is 12.3 Å². The lowest BCUT2D eigenvalue weighted by Gasteiger charge is -2.16. The molecule has 20 heavy (non-hydrogen) atoms. The fourth-order valence-electron chi connectivity index (χ4n) is 2.72. The van der Waals surface area contributed by atoms with Gasteiger partial charge in [0.1, 0.15) is 5.76 Å². The van der Waals surface area contributed by atoms with Gasteiger partial charge in [-0.1, -0.05) is 12.1 Å². The number of carbonyl (C=O) groups is 1. The predicted octanol–water partition coefficient (Wildman–Crippen LogP) is 3.13. The van der Waals surface area contributed by atoms with E-state index in [1.807, 2.05) is 18.2 Å². The van der Waals surface area contributed by atoms with Crippen molar-refractivity contribution < 1.29 is 9.21 Å². The number of benzene rings is 1. The number of hydrogen-bond donors (Lipinski definition) is 1. The third-order valence-corrected chi connectivity index (χ3v) is 3.84. The summed E-state index contributed by atoms with van der Waals surface area (Å²) in [5, 5.41) is 3.12. The van der Waals surface area contributed by atoms with Gasteiger partial charge in [-0.2, -0.15) is 0 Å². The summed E-state index contributed by atoms with van der Waals surface area (Å²) in [4.78, 5) is 12.2. The molecule has 0 aliphatic heterocycles. The zero-order valence-electron chi connectivity index (χ0n) is 11.5. The summed E-state index contributed by atoms with van der Waals surface area (Å²) >= 11 is 0. The summed E-state index contributed by atoms with van der Waals surface area (Å²) < 4.78 is 5.22. The first kappa shape index (κ1) is 13.1. The van der Waals surface area contributed by atoms with Gasteiger partial charge in [-0.3, -0.25) is 4.79 Å². The van der Waals surface area contributed by atoms with E-state index in [1.54, 1.807) is 6.26 Å². The zero-order chi connectivity index (χ0) is 13.8. The van der Waals surface area contributed by atoms with E-state index < -0.39 is 0 Å². The van der Waals surface area contributed by atoms with Crippen LogP contribution in [-0.2, 0) is 19.4 Å². The Morgan fingerprint density at radius 2 is 2.00 bits per heavy atom. The Morgan fingerprint density at radius 1 is 1.15 bits per heavy atom. The van der Waals surface area contributed by atoms with E-state index in [9.17, 15) is 4.79 Å². The number of ketones is 1. The summed E-state index contributed by atoms with van der Waals surface area (Å²) in [6.45, 7) is 0.934. The average molecular weight is 269 g/mol. The van der Waals surface area contributed by atoms with Gasteiger partial charge in [0.05, 0.1) is 19.4 Å². The molecule has 3 nitrogen and oxygen atoms in total. The van der Waals surface area contributed by atoms with Crippen LogP contribution < -0.4 is 5.32 Å². The van der Waals surface area contributed by atoms with Gasteiger partial charge in [0, 0.05) is 5.56 Å². The van der Waals surface area contributed by atoms with E-state index in [2.05, 4.69) is 17.4 Å². The minimum atomic E-state index is 0.143. The highest BCUT2D eigenvalue weighted by Crippen LogP contribution is 2.22. The topological polar surface area (TPSA) is 42.2 Å². The van der Waals surface area contributed by atoms with Gasteiger partial charge in [0.15, 0.2) is 5.78 Å². The standard InChI is InChI=1S/C17H19NO2/c19-17(12-18-11-16-6-3-9-20-16)15-8-7-13-4-1-2-5-14(13)10-15/h3,6-10,18H,1-2,4-5,11-12H2. The van der Waals surface area contributed by atoms with Crippen molar-refractivity contribution in [2.24, 2.45) is 0 Å². The third-order valence-electron chi connectivity index (χ3n) is 3.84. The number of hydrogen-bond acceptors (Lipinski definition) is 3. The van der Waals surface area contributed by atoms with Crippen LogP contribution in [0.3, 0.4) is 0 Å². The summed E-state index contributed by atoms with van der Waals surface area (Å²) in [7, 11) is 0. The number of nitrogens with one attached hydrogen (secondary N) is 1. The van der Waals surface area contributed by atoms with Gasteiger partial charge in [-0.15, -0.1) is 0 Å². The van der Waals surface area contributed by atoms with Crippen molar-refractivity contribution in [3.8, 4) is 0 Å². The van der Waals surface area contributed by atoms with Crippen molar-refractivity contribution >= 4 is 5.78 Å². The zero-order valence-corrected chi connectivity index (χ0v) is 11.5. The van der Waals surface area contributed by atoms with Crippen LogP contribution in [0.15, 0.2) is 41.0 Å². The molecular weight excluding hydrogens is 250 g/mol. The first-order valence-electron chi connectivity index (χ1n) is 7.21. The third kappa shape index (κ3) is 2.99. The smallest absolute Gasteiger partial charge is 0.176 e. The number of fused-ring (bicyclic) bond motifs is 1. The molecule has 1 aliphatic carbocycles. The molecule has 1 aromatic heterocycles. The summed E-state index contributed by atoms with van der Waals surface area (Å²) in [6.07, 6.45) is 6.41. The molecule has 1 N–H and O–H groups in total. The molecule has 0 fully saturated rings. The number of aryl methyl sites for hydroxylation is 2. The van der Waals surface area contributed by atoms with E-state index in [4.69, 9.17) is 4.42 Å². The van der Waals surface area contributed by atoms with Crippen molar-refractivity contribution in [2.75, 3.05) is 6.54 Å². The minimum Gasteiger partial charge on any atom is -0.468 e. The lowest BCUT2D eigenvalue weighted by atomic mass is 9.90. The molecule has 1 aromatic carbocycles. The molecule has 0 saturated heterocycles. The quantitative estimate of drug-likeness (QED) is 0.848. The molecule has 3 heteroatoms. The maximum atomic E-state index is 12.2. The lowest BCUT2D eigenvalue weighted by Crippen LogP contribution is -2.22. The first-order chi connectivity index (χ1) is 9.83. The molecule has 0 unspecified atom stereocenters. The molecule has 0 atom stereocenters. The highest BCUT2D eigenvalue weighted by Gasteiger charge is 2.12. The minimum absolute atomic E-state index is 0.143.